The van der Waals surface area contributed by atoms with Crippen molar-refractivity contribution in [1.82, 2.24) is 4.57 Å². The Kier molecular flexibility index (Phi) is 6.70. The summed E-state index contributed by atoms with van der Waals surface area (Å²) in [6.45, 7) is 2.94. The van der Waals surface area contributed by atoms with E-state index < -0.39 is 24.3 Å². The van der Waals surface area contributed by atoms with Gasteiger partial charge in [-0.25, -0.2) is 8.78 Å². The smallest absolute Gasteiger partial charge is 0.273 e. The molecular weight excluding hydrogens is 460 g/mol. The molecule has 2 aromatic carbocycles. The molecule has 3 rings (SSSR count). The monoisotopic (exact) mass is 479 g/mol. The Hall–Kier alpha value is -2.55. The van der Waals surface area contributed by atoms with Crippen molar-refractivity contribution < 1.29 is 23.7 Å². The maximum absolute atomic E-state index is 13.8. The van der Waals surface area contributed by atoms with Gasteiger partial charge in [0.05, 0.1) is 6.61 Å². The van der Waals surface area contributed by atoms with Crippen molar-refractivity contribution >= 4 is 15.9 Å². The molecule has 5 nitrogen and oxygen atoms in total. The topological polar surface area (TPSA) is 71.7 Å². The third kappa shape index (κ3) is 4.45. The summed E-state index contributed by atoms with van der Waals surface area (Å²) in [7, 11) is 0. The Morgan fingerprint density at radius 2 is 1.87 bits per heavy atom. The van der Waals surface area contributed by atoms with Crippen molar-refractivity contribution in [3.63, 3.8) is 0 Å². The van der Waals surface area contributed by atoms with E-state index in [4.69, 9.17) is 9.84 Å². The average molecular weight is 480 g/mol. The van der Waals surface area contributed by atoms with E-state index in [0.717, 1.165) is 17.7 Å². The third-order valence-corrected chi connectivity index (χ3v) is 5.47. The molecule has 0 saturated carbocycles. The highest BCUT2D eigenvalue weighted by Gasteiger charge is 2.16. The van der Waals surface area contributed by atoms with Crippen LogP contribution in [0.1, 0.15) is 28.5 Å². The predicted octanol–water partition coefficient (Wildman–Crippen LogP) is 4.10. The molecule has 1 atom stereocenters. The predicted molar refractivity (Wildman–Crippen MR) is 112 cm³/mol. The fourth-order valence-electron chi connectivity index (χ4n) is 3.17. The number of aryl methyl sites for hydroxylation is 2. The first-order chi connectivity index (χ1) is 14.2. The second kappa shape index (κ2) is 9.07. The number of benzene rings is 2. The lowest BCUT2D eigenvalue weighted by Crippen LogP contribution is -2.22. The first-order valence-corrected chi connectivity index (χ1v) is 9.91. The summed E-state index contributed by atoms with van der Waals surface area (Å²) in [6, 6.07) is 9.92. The second-order valence-corrected chi connectivity index (χ2v) is 7.66. The molecule has 0 aliphatic rings. The standard InChI is InChI=1S/C22H20BrF2NO4/c1-12-7-16(5-6-17(12)19(28)10-27)26-13(2)8-20(21(23)22(26)29)30-11-14-3-4-15(24)9-18(14)25/h3-9,19,27-28H,10-11H2,1-2H3. The van der Waals surface area contributed by atoms with E-state index in [1.165, 1.54) is 10.6 Å². The Morgan fingerprint density at radius 3 is 2.50 bits per heavy atom. The van der Waals surface area contributed by atoms with E-state index in [0.29, 0.717) is 16.9 Å². The SMILES string of the molecule is Cc1cc(-n2c(C)cc(OCc3ccc(F)cc3F)c(Br)c2=O)ccc1C(O)CO. The maximum Gasteiger partial charge on any atom is 0.273 e. The van der Waals surface area contributed by atoms with Gasteiger partial charge in [0.1, 0.15) is 34.6 Å². The van der Waals surface area contributed by atoms with Gasteiger partial charge in [-0.05, 0) is 65.2 Å². The number of hydrogen-bond donors (Lipinski definition) is 2. The van der Waals surface area contributed by atoms with Crippen LogP contribution < -0.4 is 10.3 Å². The zero-order chi connectivity index (χ0) is 22.0. The first kappa shape index (κ1) is 22.1. The van der Waals surface area contributed by atoms with Crippen molar-refractivity contribution in [2.75, 3.05) is 6.61 Å². The largest absolute Gasteiger partial charge is 0.487 e. The minimum atomic E-state index is -0.994. The van der Waals surface area contributed by atoms with Crippen molar-refractivity contribution in [3.8, 4) is 11.4 Å². The van der Waals surface area contributed by atoms with E-state index in [1.54, 1.807) is 38.1 Å². The molecule has 0 bridgehead atoms. The molecule has 2 N–H and O–H groups in total. The molecule has 0 aliphatic carbocycles. The quantitative estimate of drug-likeness (QED) is 0.558. The maximum atomic E-state index is 13.8. The van der Waals surface area contributed by atoms with Crippen molar-refractivity contribution in [2.45, 2.75) is 26.6 Å². The highest BCUT2D eigenvalue weighted by Crippen LogP contribution is 2.27. The van der Waals surface area contributed by atoms with Crippen LogP contribution in [-0.4, -0.2) is 21.4 Å². The van der Waals surface area contributed by atoms with Crippen LogP contribution in [0.3, 0.4) is 0 Å². The molecule has 3 aromatic rings. The van der Waals surface area contributed by atoms with Gasteiger partial charge in [0, 0.05) is 29.1 Å². The van der Waals surface area contributed by atoms with Gasteiger partial charge in [-0.2, -0.15) is 0 Å². The lowest BCUT2D eigenvalue weighted by atomic mass is 10.0. The normalized spacial score (nSPS) is 12.1. The molecule has 0 fully saturated rings. The fourth-order valence-corrected chi connectivity index (χ4v) is 3.58. The fraction of sp³-hybridized carbons (Fsp3) is 0.227. The highest BCUT2D eigenvalue weighted by atomic mass is 79.9. The van der Waals surface area contributed by atoms with Gasteiger partial charge >= 0.3 is 0 Å². The molecule has 30 heavy (non-hydrogen) atoms. The summed E-state index contributed by atoms with van der Waals surface area (Å²) in [5.74, 6) is -1.16. The van der Waals surface area contributed by atoms with E-state index in [9.17, 15) is 18.7 Å². The lowest BCUT2D eigenvalue weighted by molar-refractivity contribution is 0.0951. The van der Waals surface area contributed by atoms with Crippen LogP contribution in [0.2, 0.25) is 0 Å². The van der Waals surface area contributed by atoms with Gasteiger partial charge in [-0.3, -0.25) is 9.36 Å². The third-order valence-electron chi connectivity index (χ3n) is 4.74. The van der Waals surface area contributed by atoms with E-state index in [1.807, 2.05) is 0 Å². The van der Waals surface area contributed by atoms with Crippen molar-refractivity contribution in [1.29, 1.82) is 0 Å². The molecule has 1 aromatic heterocycles. The highest BCUT2D eigenvalue weighted by molar-refractivity contribution is 9.10. The van der Waals surface area contributed by atoms with Gasteiger partial charge in [0.25, 0.3) is 5.56 Å². The number of hydrogen-bond acceptors (Lipinski definition) is 4. The average Bonchev–Trinajstić information content (AvgIpc) is 2.70. The summed E-state index contributed by atoms with van der Waals surface area (Å²) in [6.07, 6.45) is -0.994. The zero-order valence-corrected chi connectivity index (χ0v) is 17.9. The number of rotatable bonds is 6. The molecule has 0 spiro atoms. The minimum Gasteiger partial charge on any atom is -0.487 e. The van der Waals surface area contributed by atoms with E-state index in [-0.39, 0.29) is 28.0 Å². The second-order valence-electron chi connectivity index (χ2n) is 6.87. The lowest BCUT2D eigenvalue weighted by Gasteiger charge is -2.17. The number of aromatic nitrogens is 1. The molecule has 1 unspecified atom stereocenters. The summed E-state index contributed by atoms with van der Waals surface area (Å²) >= 11 is 3.25. The van der Waals surface area contributed by atoms with Gasteiger partial charge < -0.3 is 14.9 Å². The van der Waals surface area contributed by atoms with Crippen LogP contribution in [0.5, 0.6) is 5.75 Å². The molecule has 1 heterocycles. The zero-order valence-electron chi connectivity index (χ0n) is 16.3. The van der Waals surface area contributed by atoms with Crippen molar-refractivity contribution in [3.05, 3.63) is 91.3 Å². The number of nitrogens with zero attached hydrogens (tertiary/aromatic N) is 1. The molecule has 0 saturated heterocycles. The molecule has 8 heteroatoms. The van der Waals surface area contributed by atoms with Gasteiger partial charge in [0.2, 0.25) is 0 Å². The van der Waals surface area contributed by atoms with E-state index in [2.05, 4.69) is 15.9 Å². The number of aliphatic hydroxyl groups is 2. The molecule has 0 aliphatic heterocycles. The van der Waals surface area contributed by atoms with Gasteiger partial charge in [0.15, 0.2) is 0 Å². The Bertz CT molecular complexity index is 1150. The van der Waals surface area contributed by atoms with Crippen LogP contribution in [0.15, 0.2) is 51.7 Å². The van der Waals surface area contributed by atoms with E-state index >= 15 is 0 Å². The Balaban J connectivity index is 1.93. The van der Waals surface area contributed by atoms with Crippen molar-refractivity contribution in [2.24, 2.45) is 0 Å². The summed E-state index contributed by atoms with van der Waals surface area (Å²) in [5, 5.41) is 19.0. The first-order valence-electron chi connectivity index (χ1n) is 9.11. The van der Waals surface area contributed by atoms with Crippen LogP contribution >= 0.6 is 15.9 Å². The summed E-state index contributed by atoms with van der Waals surface area (Å²) < 4.78 is 34.1. The Labute approximate surface area is 180 Å². The van der Waals surface area contributed by atoms with Crippen LogP contribution in [0, 0.1) is 25.5 Å². The summed E-state index contributed by atoms with van der Waals surface area (Å²) in [4.78, 5) is 12.9. The van der Waals surface area contributed by atoms with Crippen LogP contribution in [0.25, 0.3) is 5.69 Å². The number of pyridine rings is 1. The van der Waals surface area contributed by atoms with Crippen LogP contribution in [0.4, 0.5) is 8.78 Å². The minimum absolute atomic E-state index is 0.160. The molecular formula is C22H20BrF2NO4. The Morgan fingerprint density at radius 1 is 1.13 bits per heavy atom. The molecule has 158 valence electrons. The number of ether oxygens (including phenoxy) is 1. The number of aliphatic hydroxyl groups excluding tert-OH is 2. The molecule has 0 radical (unpaired) electrons. The number of halogens is 3. The molecule has 0 amide bonds. The van der Waals surface area contributed by atoms with Gasteiger partial charge in [-0.15, -0.1) is 0 Å². The summed E-state index contributed by atoms with van der Waals surface area (Å²) in [5.41, 5.74) is 2.25. The van der Waals surface area contributed by atoms with Gasteiger partial charge in [-0.1, -0.05) is 6.07 Å². The van der Waals surface area contributed by atoms with Crippen LogP contribution in [-0.2, 0) is 6.61 Å².